The molecule has 0 atom stereocenters. The molecular formula is C20H17ClFNO2. The fourth-order valence-electron chi connectivity index (χ4n) is 2.54. The Hall–Kier alpha value is -2.43. The third kappa shape index (κ3) is 4.35. The number of aliphatic hydroxyl groups is 1. The average molecular weight is 358 g/mol. The van der Waals surface area contributed by atoms with Crippen LogP contribution in [0.25, 0.3) is 11.3 Å². The molecule has 1 heterocycles. The summed E-state index contributed by atoms with van der Waals surface area (Å²) in [5, 5.41) is 9.44. The average Bonchev–Trinajstić information content (AvgIpc) is 2.58. The van der Waals surface area contributed by atoms with Gasteiger partial charge in [-0.25, -0.2) is 4.39 Å². The van der Waals surface area contributed by atoms with Crippen LogP contribution in [0.2, 0.25) is 5.02 Å². The molecule has 25 heavy (non-hydrogen) atoms. The van der Waals surface area contributed by atoms with Crippen LogP contribution in [0.4, 0.5) is 4.39 Å². The maximum atomic E-state index is 13.8. The summed E-state index contributed by atoms with van der Waals surface area (Å²) in [7, 11) is 0. The van der Waals surface area contributed by atoms with Crippen molar-refractivity contribution in [1.82, 2.24) is 4.98 Å². The normalized spacial score (nSPS) is 10.7. The lowest BCUT2D eigenvalue weighted by Crippen LogP contribution is -1.95. The SMILES string of the molecule is Cc1cc(CCO)cc(-c2ccc(Oc3ccc(Cl)cc3F)cc2)n1. The maximum Gasteiger partial charge on any atom is 0.167 e. The number of aromatic nitrogens is 1. The first-order valence-corrected chi connectivity index (χ1v) is 8.25. The van der Waals surface area contributed by atoms with E-state index in [1.165, 1.54) is 12.1 Å². The zero-order chi connectivity index (χ0) is 17.8. The lowest BCUT2D eigenvalue weighted by Gasteiger charge is -2.09. The minimum absolute atomic E-state index is 0.0995. The van der Waals surface area contributed by atoms with E-state index >= 15 is 0 Å². The molecule has 0 radical (unpaired) electrons. The molecule has 0 aliphatic heterocycles. The highest BCUT2D eigenvalue weighted by molar-refractivity contribution is 6.30. The van der Waals surface area contributed by atoms with E-state index in [1.54, 1.807) is 18.2 Å². The van der Waals surface area contributed by atoms with E-state index in [9.17, 15) is 4.39 Å². The van der Waals surface area contributed by atoms with Gasteiger partial charge >= 0.3 is 0 Å². The van der Waals surface area contributed by atoms with Crippen LogP contribution in [-0.4, -0.2) is 16.7 Å². The second-order valence-electron chi connectivity index (χ2n) is 5.68. The summed E-state index contributed by atoms with van der Waals surface area (Å²) in [6, 6.07) is 15.5. The van der Waals surface area contributed by atoms with Gasteiger partial charge in [-0.05, 0) is 73.5 Å². The molecule has 0 amide bonds. The summed E-state index contributed by atoms with van der Waals surface area (Å²) < 4.78 is 19.4. The predicted octanol–water partition coefficient (Wildman–Crippen LogP) is 5.18. The molecule has 1 N–H and O–H groups in total. The molecule has 0 fully saturated rings. The van der Waals surface area contributed by atoms with E-state index in [0.29, 0.717) is 17.2 Å². The molecule has 0 saturated heterocycles. The highest BCUT2D eigenvalue weighted by atomic mass is 35.5. The standard InChI is InChI=1S/C20H17ClFNO2/c1-13-10-14(8-9-24)11-19(23-13)15-2-5-17(6-3-15)25-20-7-4-16(21)12-18(20)22/h2-7,10-12,24H,8-9H2,1H3. The molecule has 0 spiro atoms. The van der Waals surface area contributed by atoms with Gasteiger partial charge in [-0.3, -0.25) is 4.98 Å². The lowest BCUT2D eigenvalue weighted by atomic mass is 10.1. The van der Waals surface area contributed by atoms with Gasteiger partial charge < -0.3 is 9.84 Å². The second kappa shape index (κ2) is 7.64. The first-order chi connectivity index (χ1) is 12.0. The van der Waals surface area contributed by atoms with Crippen molar-refractivity contribution < 1.29 is 14.2 Å². The Morgan fingerprint density at radius 2 is 1.84 bits per heavy atom. The van der Waals surface area contributed by atoms with Crippen LogP contribution in [0.15, 0.2) is 54.6 Å². The predicted molar refractivity (Wildman–Crippen MR) is 96.7 cm³/mol. The minimum Gasteiger partial charge on any atom is -0.454 e. The van der Waals surface area contributed by atoms with Crippen molar-refractivity contribution >= 4 is 11.6 Å². The Morgan fingerprint density at radius 3 is 2.52 bits per heavy atom. The minimum atomic E-state index is -0.509. The monoisotopic (exact) mass is 357 g/mol. The Bertz CT molecular complexity index is 881. The van der Waals surface area contributed by atoms with Crippen LogP contribution >= 0.6 is 11.6 Å². The van der Waals surface area contributed by atoms with Gasteiger partial charge in [0, 0.05) is 22.9 Å². The molecule has 128 valence electrons. The van der Waals surface area contributed by atoms with Crippen LogP contribution in [-0.2, 0) is 6.42 Å². The van der Waals surface area contributed by atoms with Crippen LogP contribution in [0.1, 0.15) is 11.3 Å². The summed E-state index contributed by atoms with van der Waals surface area (Å²) in [6.45, 7) is 2.02. The van der Waals surface area contributed by atoms with Crippen LogP contribution in [0.3, 0.4) is 0 Å². The number of rotatable bonds is 5. The van der Waals surface area contributed by atoms with Gasteiger partial charge in [0.25, 0.3) is 0 Å². The zero-order valence-corrected chi connectivity index (χ0v) is 14.4. The van der Waals surface area contributed by atoms with E-state index in [1.807, 2.05) is 31.2 Å². The Kier molecular flexibility index (Phi) is 5.31. The van der Waals surface area contributed by atoms with Gasteiger partial charge in [0.2, 0.25) is 0 Å². The van der Waals surface area contributed by atoms with E-state index in [-0.39, 0.29) is 12.4 Å². The third-order valence-electron chi connectivity index (χ3n) is 3.69. The molecule has 2 aromatic carbocycles. The summed E-state index contributed by atoms with van der Waals surface area (Å²) in [4.78, 5) is 4.53. The number of hydrogen-bond donors (Lipinski definition) is 1. The smallest absolute Gasteiger partial charge is 0.167 e. The Morgan fingerprint density at radius 1 is 1.08 bits per heavy atom. The molecule has 3 nitrogen and oxygen atoms in total. The first kappa shape index (κ1) is 17.4. The number of halogens is 2. The summed E-state index contributed by atoms with van der Waals surface area (Å²) in [5.41, 5.74) is 3.68. The lowest BCUT2D eigenvalue weighted by molar-refractivity contribution is 0.299. The van der Waals surface area contributed by atoms with E-state index in [2.05, 4.69) is 4.98 Å². The summed E-state index contributed by atoms with van der Waals surface area (Å²) >= 11 is 5.74. The molecule has 0 aliphatic carbocycles. The number of ether oxygens (including phenoxy) is 1. The topological polar surface area (TPSA) is 42.4 Å². The van der Waals surface area contributed by atoms with Crippen molar-refractivity contribution in [1.29, 1.82) is 0 Å². The maximum absolute atomic E-state index is 13.8. The van der Waals surface area contributed by atoms with Gasteiger partial charge in [0.1, 0.15) is 5.75 Å². The van der Waals surface area contributed by atoms with Crippen LogP contribution < -0.4 is 4.74 Å². The molecule has 0 aliphatic rings. The largest absolute Gasteiger partial charge is 0.454 e. The summed E-state index contributed by atoms with van der Waals surface area (Å²) in [5.74, 6) is 0.134. The van der Waals surface area contributed by atoms with Gasteiger partial charge in [-0.1, -0.05) is 11.6 Å². The van der Waals surface area contributed by atoms with Crippen molar-refractivity contribution in [2.75, 3.05) is 6.61 Å². The zero-order valence-electron chi connectivity index (χ0n) is 13.7. The fourth-order valence-corrected chi connectivity index (χ4v) is 2.70. The first-order valence-electron chi connectivity index (χ1n) is 7.87. The van der Waals surface area contributed by atoms with Crippen molar-refractivity contribution in [2.45, 2.75) is 13.3 Å². The molecule has 0 saturated carbocycles. The highest BCUT2D eigenvalue weighted by Crippen LogP contribution is 2.28. The third-order valence-corrected chi connectivity index (χ3v) is 3.92. The van der Waals surface area contributed by atoms with E-state index in [0.717, 1.165) is 22.5 Å². The highest BCUT2D eigenvalue weighted by Gasteiger charge is 2.07. The number of pyridine rings is 1. The number of benzene rings is 2. The van der Waals surface area contributed by atoms with Crippen molar-refractivity contribution in [2.24, 2.45) is 0 Å². The van der Waals surface area contributed by atoms with Crippen molar-refractivity contribution in [3.63, 3.8) is 0 Å². The second-order valence-corrected chi connectivity index (χ2v) is 6.11. The number of aryl methyl sites for hydroxylation is 1. The van der Waals surface area contributed by atoms with E-state index < -0.39 is 5.82 Å². The van der Waals surface area contributed by atoms with Gasteiger partial charge in [0.15, 0.2) is 11.6 Å². The van der Waals surface area contributed by atoms with Crippen LogP contribution in [0.5, 0.6) is 11.5 Å². The van der Waals surface area contributed by atoms with Crippen molar-refractivity contribution in [3.05, 3.63) is 76.7 Å². The molecule has 3 aromatic rings. The van der Waals surface area contributed by atoms with E-state index in [4.69, 9.17) is 21.4 Å². The Balaban J connectivity index is 1.82. The number of nitrogens with zero attached hydrogens (tertiary/aromatic N) is 1. The van der Waals surface area contributed by atoms with Gasteiger partial charge in [-0.2, -0.15) is 0 Å². The quantitative estimate of drug-likeness (QED) is 0.684. The molecule has 5 heteroatoms. The van der Waals surface area contributed by atoms with Gasteiger partial charge in [-0.15, -0.1) is 0 Å². The Labute approximate surface area is 150 Å². The molecule has 0 unspecified atom stereocenters. The summed E-state index contributed by atoms with van der Waals surface area (Å²) in [6.07, 6.45) is 0.591. The van der Waals surface area contributed by atoms with Crippen LogP contribution in [0, 0.1) is 12.7 Å². The fraction of sp³-hybridized carbons (Fsp3) is 0.150. The van der Waals surface area contributed by atoms with Crippen molar-refractivity contribution in [3.8, 4) is 22.8 Å². The van der Waals surface area contributed by atoms with Gasteiger partial charge in [0.05, 0.1) is 5.69 Å². The molecule has 0 bridgehead atoms. The molecular weight excluding hydrogens is 341 g/mol. The number of aliphatic hydroxyl groups excluding tert-OH is 1. The number of hydrogen-bond acceptors (Lipinski definition) is 3. The molecule has 1 aromatic heterocycles. The molecule has 3 rings (SSSR count).